The van der Waals surface area contributed by atoms with Gasteiger partial charge in [-0.15, -0.1) is 10.2 Å². The molecule has 0 aliphatic carbocycles. The van der Waals surface area contributed by atoms with Gasteiger partial charge in [-0.25, -0.2) is 9.97 Å². The Morgan fingerprint density at radius 3 is 2.51 bits per heavy atom. The Morgan fingerprint density at radius 1 is 0.927 bits per heavy atom. The van der Waals surface area contributed by atoms with Crippen molar-refractivity contribution in [1.82, 2.24) is 39.7 Å². The molecule has 208 valence electrons. The highest BCUT2D eigenvalue weighted by molar-refractivity contribution is 5.85. The Labute approximate surface area is 240 Å². The summed E-state index contributed by atoms with van der Waals surface area (Å²) < 4.78 is 4.55. The Morgan fingerprint density at radius 2 is 1.78 bits per heavy atom. The van der Waals surface area contributed by atoms with Crippen LogP contribution in [0.5, 0.6) is 0 Å². The van der Waals surface area contributed by atoms with Crippen LogP contribution < -0.4 is 0 Å². The monoisotopic (exact) mass is 544 g/mol. The molecular formula is C33H36N8. The number of fused-ring (bicyclic) bond motifs is 1. The zero-order chi connectivity index (χ0) is 28.3. The number of aryl methyl sites for hydroxylation is 4. The van der Waals surface area contributed by atoms with Crippen LogP contribution in [-0.4, -0.2) is 39.7 Å². The molecule has 0 saturated heterocycles. The van der Waals surface area contributed by atoms with Crippen molar-refractivity contribution in [3.63, 3.8) is 0 Å². The second-order valence-corrected chi connectivity index (χ2v) is 11.0. The minimum Gasteiger partial charge on any atom is -0.334 e. The van der Waals surface area contributed by atoms with Crippen LogP contribution in [0.15, 0.2) is 73.2 Å². The van der Waals surface area contributed by atoms with Gasteiger partial charge in [-0.2, -0.15) is 5.21 Å². The highest BCUT2D eigenvalue weighted by Gasteiger charge is 2.17. The molecule has 0 aliphatic rings. The highest BCUT2D eigenvalue weighted by Crippen LogP contribution is 2.31. The molecule has 0 fully saturated rings. The summed E-state index contributed by atoms with van der Waals surface area (Å²) in [6.07, 6.45) is 7.57. The lowest BCUT2D eigenvalue weighted by Gasteiger charge is -2.14. The first-order chi connectivity index (χ1) is 20.0. The van der Waals surface area contributed by atoms with Gasteiger partial charge in [0, 0.05) is 37.2 Å². The summed E-state index contributed by atoms with van der Waals surface area (Å²) in [5.74, 6) is 1.85. The molecule has 8 nitrogen and oxygen atoms in total. The van der Waals surface area contributed by atoms with Gasteiger partial charge in [0.1, 0.15) is 5.82 Å². The summed E-state index contributed by atoms with van der Waals surface area (Å²) in [5.41, 5.74) is 10.5. The Hall–Kier alpha value is -4.59. The molecule has 8 heteroatoms. The number of rotatable bonds is 10. The number of aromatic nitrogens is 8. The zero-order valence-corrected chi connectivity index (χ0v) is 24.2. The van der Waals surface area contributed by atoms with Crippen molar-refractivity contribution in [1.29, 1.82) is 0 Å². The fraction of sp³-hybridized carbons (Fsp3) is 0.303. The molecular weight excluding hydrogens is 508 g/mol. The minimum atomic E-state index is 0.371. The van der Waals surface area contributed by atoms with Gasteiger partial charge in [-0.05, 0) is 73.6 Å². The average Bonchev–Trinajstić information content (AvgIpc) is 3.75. The molecule has 3 aromatic carbocycles. The first-order valence-corrected chi connectivity index (χ1v) is 14.4. The predicted octanol–water partition coefficient (Wildman–Crippen LogP) is 6.76. The Balaban J connectivity index is 1.41. The maximum absolute atomic E-state index is 5.13. The predicted molar refractivity (Wildman–Crippen MR) is 163 cm³/mol. The topological polar surface area (TPSA) is 90.1 Å². The molecule has 0 aliphatic heterocycles. The largest absolute Gasteiger partial charge is 0.334 e. The molecule has 41 heavy (non-hydrogen) atoms. The molecule has 3 heterocycles. The van der Waals surface area contributed by atoms with Crippen LogP contribution in [0.3, 0.4) is 0 Å². The smallest absolute Gasteiger partial charge is 0.174 e. The zero-order valence-electron chi connectivity index (χ0n) is 24.2. The number of tetrazole rings is 1. The lowest BCUT2D eigenvalue weighted by Crippen LogP contribution is -2.06. The molecule has 0 atom stereocenters. The van der Waals surface area contributed by atoms with E-state index in [4.69, 9.17) is 9.97 Å². The van der Waals surface area contributed by atoms with Gasteiger partial charge in [0.15, 0.2) is 5.82 Å². The van der Waals surface area contributed by atoms with Crippen molar-refractivity contribution in [2.45, 2.75) is 66.0 Å². The fourth-order valence-electron chi connectivity index (χ4n) is 5.52. The Kier molecular flexibility index (Phi) is 7.46. The van der Waals surface area contributed by atoms with E-state index in [2.05, 4.69) is 124 Å². The van der Waals surface area contributed by atoms with Crippen molar-refractivity contribution in [2.24, 2.45) is 0 Å². The van der Waals surface area contributed by atoms with Crippen molar-refractivity contribution >= 4 is 11.0 Å². The van der Waals surface area contributed by atoms with E-state index in [-0.39, 0.29) is 0 Å². The molecule has 3 aromatic heterocycles. The van der Waals surface area contributed by atoms with Crippen molar-refractivity contribution in [2.75, 3.05) is 0 Å². The number of hydrogen-bond donors (Lipinski definition) is 1. The average molecular weight is 545 g/mol. The molecule has 6 aromatic rings. The second-order valence-electron chi connectivity index (χ2n) is 11.0. The molecule has 6 rings (SSSR count). The molecule has 1 N–H and O–H groups in total. The summed E-state index contributed by atoms with van der Waals surface area (Å²) in [4.78, 5) is 9.85. The third-order valence-corrected chi connectivity index (χ3v) is 7.69. The number of H-pyrrole nitrogens is 1. The van der Waals surface area contributed by atoms with E-state index in [1.54, 1.807) is 0 Å². The summed E-state index contributed by atoms with van der Waals surface area (Å²) in [6.45, 7) is 9.46. The summed E-state index contributed by atoms with van der Waals surface area (Å²) in [6, 6.07) is 22.3. The quantitative estimate of drug-likeness (QED) is 0.206. The second kappa shape index (κ2) is 11.5. The Bertz CT molecular complexity index is 1760. The summed E-state index contributed by atoms with van der Waals surface area (Å²) in [5, 5.41) is 14.6. The van der Waals surface area contributed by atoms with E-state index in [0.29, 0.717) is 6.04 Å². The van der Waals surface area contributed by atoms with Gasteiger partial charge >= 0.3 is 0 Å². The number of nitrogens with zero attached hydrogens (tertiary/aromatic N) is 7. The number of imidazole rings is 2. The maximum Gasteiger partial charge on any atom is 0.174 e. The van der Waals surface area contributed by atoms with Crippen molar-refractivity contribution < 1.29 is 0 Å². The van der Waals surface area contributed by atoms with Gasteiger partial charge in [0.25, 0.3) is 0 Å². The minimum absolute atomic E-state index is 0.371. The first kappa shape index (κ1) is 26.6. The van der Waals surface area contributed by atoms with Crippen LogP contribution in [0.2, 0.25) is 0 Å². The van der Waals surface area contributed by atoms with Gasteiger partial charge in [0.2, 0.25) is 0 Å². The third-order valence-electron chi connectivity index (χ3n) is 7.69. The lowest BCUT2D eigenvalue weighted by molar-refractivity contribution is 0.600. The molecule has 0 amide bonds. The van der Waals surface area contributed by atoms with Crippen LogP contribution in [0.1, 0.15) is 61.6 Å². The first-order valence-electron chi connectivity index (χ1n) is 14.4. The van der Waals surface area contributed by atoms with E-state index in [0.717, 1.165) is 66.2 Å². The number of aromatic amines is 1. The third kappa shape index (κ3) is 5.55. The molecule has 0 spiro atoms. The van der Waals surface area contributed by atoms with Crippen LogP contribution in [0.25, 0.3) is 33.4 Å². The summed E-state index contributed by atoms with van der Waals surface area (Å²) in [7, 11) is 0. The fourth-order valence-corrected chi connectivity index (χ4v) is 5.52. The summed E-state index contributed by atoms with van der Waals surface area (Å²) >= 11 is 0. The van der Waals surface area contributed by atoms with Gasteiger partial charge in [0.05, 0.1) is 23.1 Å². The lowest BCUT2D eigenvalue weighted by atomic mass is 9.94. The van der Waals surface area contributed by atoms with Gasteiger partial charge < -0.3 is 9.13 Å². The SMILES string of the molecule is CCCc1nc2c(C)cc(-c3cn(C(C)C)cn3)cc2n1Cc1ccc(-c2ccccc2)c(CCc2nn[nH]n2)c1. The van der Waals surface area contributed by atoms with E-state index in [1.165, 1.54) is 27.8 Å². The number of hydrogen-bond acceptors (Lipinski definition) is 5. The van der Waals surface area contributed by atoms with Gasteiger partial charge in [-0.3, -0.25) is 0 Å². The van der Waals surface area contributed by atoms with E-state index in [9.17, 15) is 0 Å². The standard InChI is InChI=1S/C33H36N8/c1-5-9-32-35-33-23(4)16-27(29-20-40(21-34-29)22(2)3)18-30(33)41(32)19-24-12-14-28(25-10-7-6-8-11-25)26(17-24)13-15-31-36-38-39-37-31/h6-8,10-12,14,16-18,20-22H,5,9,13,15,19H2,1-4H3,(H,36,37,38,39). The molecule has 0 saturated carbocycles. The highest BCUT2D eigenvalue weighted by atomic mass is 15.5. The molecule has 0 unspecified atom stereocenters. The van der Waals surface area contributed by atoms with Crippen molar-refractivity contribution in [3.05, 3.63) is 102 Å². The van der Waals surface area contributed by atoms with Crippen LogP contribution >= 0.6 is 0 Å². The maximum atomic E-state index is 5.13. The number of benzene rings is 3. The van der Waals surface area contributed by atoms with E-state index >= 15 is 0 Å². The molecule has 0 bridgehead atoms. The van der Waals surface area contributed by atoms with Crippen LogP contribution in [0, 0.1) is 6.92 Å². The van der Waals surface area contributed by atoms with Crippen LogP contribution in [-0.2, 0) is 25.8 Å². The number of nitrogens with one attached hydrogen (secondary N) is 1. The van der Waals surface area contributed by atoms with Gasteiger partial charge in [-0.1, -0.05) is 60.7 Å². The molecule has 0 radical (unpaired) electrons. The van der Waals surface area contributed by atoms with Crippen molar-refractivity contribution in [3.8, 4) is 22.4 Å². The van der Waals surface area contributed by atoms with E-state index < -0.39 is 0 Å². The van der Waals surface area contributed by atoms with E-state index in [1.807, 2.05) is 6.33 Å². The normalized spacial score (nSPS) is 11.6. The van der Waals surface area contributed by atoms with Crippen LogP contribution in [0.4, 0.5) is 0 Å².